The number of hydrogen-bond acceptors (Lipinski definition) is 4. The first-order chi connectivity index (χ1) is 11.5. The van der Waals surface area contributed by atoms with E-state index in [1.807, 2.05) is 29.2 Å². The summed E-state index contributed by atoms with van der Waals surface area (Å²) in [6.45, 7) is 8.48. The van der Waals surface area contributed by atoms with Crippen molar-refractivity contribution in [3.8, 4) is 5.75 Å². The van der Waals surface area contributed by atoms with Crippen LogP contribution in [0.15, 0.2) is 36.9 Å². The van der Waals surface area contributed by atoms with Gasteiger partial charge in [-0.1, -0.05) is 6.08 Å². The molecule has 0 spiro atoms. The molecule has 1 aromatic carbocycles. The molecular weight excluding hydrogens is 306 g/mol. The van der Waals surface area contributed by atoms with Gasteiger partial charge in [0.05, 0.1) is 7.11 Å². The highest BCUT2D eigenvalue weighted by molar-refractivity contribution is 5.84. The van der Waals surface area contributed by atoms with Gasteiger partial charge in [-0.05, 0) is 24.3 Å². The maximum absolute atomic E-state index is 12.4. The molecule has 0 radical (unpaired) electrons. The van der Waals surface area contributed by atoms with E-state index in [1.54, 1.807) is 13.2 Å². The van der Waals surface area contributed by atoms with E-state index in [0.717, 1.165) is 24.5 Å². The maximum atomic E-state index is 12.4. The number of methoxy groups -OCH3 is 1. The van der Waals surface area contributed by atoms with Crippen LogP contribution in [0.5, 0.6) is 5.75 Å². The second kappa shape index (κ2) is 8.38. The third kappa shape index (κ3) is 4.50. The van der Waals surface area contributed by atoms with Crippen LogP contribution in [0, 0.1) is 0 Å². The third-order valence-electron chi connectivity index (χ3n) is 4.19. The zero-order chi connectivity index (χ0) is 17.5. The van der Waals surface area contributed by atoms with Crippen LogP contribution in [0.3, 0.4) is 0 Å². The fourth-order valence-electron chi connectivity index (χ4n) is 2.73. The average molecular weight is 331 g/mol. The number of amides is 2. The van der Waals surface area contributed by atoms with Crippen molar-refractivity contribution in [1.29, 1.82) is 0 Å². The van der Waals surface area contributed by atoms with Gasteiger partial charge in [0.15, 0.2) is 0 Å². The molecule has 0 atom stereocenters. The highest BCUT2D eigenvalue weighted by Crippen LogP contribution is 2.20. The molecular formula is C18H25N3O3. The predicted molar refractivity (Wildman–Crippen MR) is 94.2 cm³/mol. The molecule has 1 aliphatic heterocycles. The van der Waals surface area contributed by atoms with E-state index in [9.17, 15) is 9.59 Å². The van der Waals surface area contributed by atoms with Crippen LogP contribution in [0.1, 0.15) is 6.92 Å². The normalized spacial score (nSPS) is 14.2. The molecule has 1 aromatic rings. The minimum atomic E-state index is -0.111. The van der Waals surface area contributed by atoms with Gasteiger partial charge in [-0.3, -0.25) is 9.59 Å². The van der Waals surface area contributed by atoms with E-state index in [4.69, 9.17) is 4.74 Å². The van der Waals surface area contributed by atoms with E-state index in [0.29, 0.717) is 19.6 Å². The molecule has 0 aliphatic carbocycles. The van der Waals surface area contributed by atoms with Gasteiger partial charge in [0.25, 0.3) is 0 Å². The van der Waals surface area contributed by atoms with Gasteiger partial charge in [-0.25, -0.2) is 0 Å². The summed E-state index contributed by atoms with van der Waals surface area (Å²) in [6, 6.07) is 7.93. The molecule has 0 unspecified atom stereocenters. The van der Waals surface area contributed by atoms with E-state index in [-0.39, 0.29) is 18.4 Å². The number of anilines is 1. The van der Waals surface area contributed by atoms with E-state index < -0.39 is 0 Å². The first-order valence-corrected chi connectivity index (χ1v) is 8.08. The van der Waals surface area contributed by atoms with Crippen LogP contribution in [0.2, 0.25) is 0 Å². The van der Waals surface area contributed by atoms with Crippen LogP contribution in [-0.2, 0) is 9.59 Å². The van der Waals surface area contributed by atoms with Crippen molar-refractivity contribution in [3.63, 3.8) is 0 Å². The van der Waals surface area contributed by atoms with Gasteiger partial charge >= 0.3 is 0 Å². The molecule has 0 bridgehead atoms. The summed E-state index contributed by atoms with van der Waals surface area (Å²) in [4.78, 5) is 29.5. The molecule has 1 saturated heterocycles. The topological polar surface area (TPSA) is 53.1 Å². The van der Waals surface area contributed by atoms with Crippen molar-refractivity contribution in [3.05, 3.63) is 36.9 Å². The van der Waals surface area contributed by atoms with Crippen molar-refractivity contribution in [2.24, 2.45) is 0 Å². The molecule has 0 aromatic heterocycles. The predicted octanol–water partition coefficient (Wildman–Crippen LogP) is 1.38. The summed E-state index contributed by atoms with van der Waals surface area (Å²) in [5, 5.41) is 0. The van der Waals surface area contributed by atoms with Crippen LogP contribution >= 0.6 is 0 Å². The molecule has 0 N–H and O–H groups in total. The third-order valence-corrected chi connectivity index (χ3v) is 4.19. The largest absolute Gasteiger partial charge is 0.497 e. The summed E-state index contributed by atoms with van der Waals surface area (Å²) in [7, 11) is 1.65. The van der Waals surface area contributed by atoms with Crippen molar-refractivity contribution >= 4 is 17.5 Å². The maximum Gasteiger partial charge on any atom is 0.242 e. The Balaban J connectivity index is 1.88. The summed E-state index contributed by atoms with van der Waals surface area (Å²) in [5.41, 5.74) is 1.12. The van der Waals surface area contributed by atoms with E-state index in [1.165, 1.54) is 11.8 Å². The van der Waals surface area contributed by atoms with Gasteiger partial charge in [0, 0.05) is 45.3 Å². The van der Waals surface area contributed by atoms with E-state index >= 15 is 0 Å². The Bertz CT molecular complexity index is 578. The lowest BCUT2D eigenvalue weighted by atomic mass is 10.2. The summed E-state index contributed by atoms with van der Waals surface area (Å²) in [5.74, 6) is 0.709. The van der Waals surface area contributed by atoms with Crippen molar-refractivity contribution in [1.82, 2.24) is 9.80 Å². The Morgan fingerprint density at radius 1 is 1.21 bits per heavy atom. The first kappa shape index (κ1) is 17.8. The number of carbonyl (C=O) groups excluding carboxylic acids is 2. The SMILES string of the molecule is C=CCN(CC(=O)N1CCN(c2ccc(OC)cc2)CC1)C(C)=O. The standard InChI is InChI=1S/C18H25N3O3/c1-4-9-21(15(2)22)14-18(23)20-12-10-19(11-13-20)16-5-7-17(24-3)8-6-16/h4-8H,1,9-14H2,2-3H3. The smallest absolute Gasteiger partial charge is 0.242 e. The Morgan fingerprint density at radius 3 is 2.33 bits per heavy atom. The fraction of sp³-hybridized carbons (Fsp3) is 0.444. The molecule has 1 heterocycles. The Hall–Kier alpha value is -2.50. The lowest BCUT2D eigenvalue weighted by molar-refractivity contribution is -0.139. The van der Waals surface area contributed by atoms with Crippen molar-refractivity contribution in [2.75, 3.05) is 51.3 Å². The molecule has 0 saturated carbocycles. The highest BCUT2D eigenvalue weighted by atomic mass is 16.5. The number of ether oxygens (including phenoxy) is 1. The number of hydrogen-bond donors (Lipinski definition) is 0. The molecule has 1 aliphatic rings. The molecule has 2 rings (SSSR count). The number of benzene rings is 1. The minimum Gasteiger partial charge on any atom is -0.497 e. The zero-order valence-corrected chi connectivity index (χ0v) is 14.4. The summed E-state index contributed by atoms with van der Waals surface area (Å²) < 4.78 is 5.17. The minimum absolute atomic E-state index is 0.0126. The van der Waals surface area contributed by atoms with Crippen LogP contribution < -0.4 is 9.64 Å². The van der Waals surface area contributed by atoms with Gasteiger partial charge in [-0.15, -0.1) is 6.58 Å². The fourth-order valence-corrected chi connectivity index (χ4v) is 2.73. The Morgan fingerprint density at radius 2 is 1.83 bits per heavy atom. The molecule has 2 amide bonds. The van der Waals surface area contributed by atoms with Gasteiger partial charge in [0.2, 0.25) is 11.8 Å². The molecule has 130 valence electrons. The second-order valence-corrected chi connectivity index (χ2v) is 5.75. The number of rotatable bonds is 6. The van der Waals surface area contributed by atoms with Gasteiger partial charge in [0.1, 0.15) is 12.3 Å². The average Bonchev–Trinajstić information content (AvgIpc) is 2.61. The molecule has 1 fully saturated rings. The van der Waals surface area contributed by atoms with Crippen molar-refractivity contribution < 1.29 is 14.3 Å². The van der Waals surface area contributed by atoms with Crippen LogP contribution in [-0.4, -0.2) is 68.0 Å². The number of piperazine rings is 1. The molecule has 6 heteroatoms. The van der Waals surface area contributed by atoms with Gasteiger partial charge in [-0.2, -0.15) is 0 Å². The van der Waals surface area contributed by atoms with Crippen LogP contribution in [0.4, 0.5) is 5.69 Å². The molecule has 24 heavy (non-hydrogen) atoms. The first-order valence-electron chi connectivity index (χ1n) is 8.08. The Kier molecular flexibility index (Phi) is 6.23. The molecule has 6 nitrogen and oxygen atoms in total. The number of nitrogens with zero attached hydrogens (tertiary/aromatic N) is 3. The highest BCUT2D eigenvalue weighted by Gasteiger charge is 2.23. The lowest BCUT2D eigenvalue weighted by Crippen LogP contribution is -2.51. The van der Waals surface area contributed by atoms with E-state index in [2.05, 4.69) is 11.5 Å². The lowest BCUT2D eigenvalue weighted by Gasteiger charge is -2.37. The van der Waals surface area contributed by atoms with Crippen LogP contribution in [0.25, 0.3) is 0 Å². The summed E-state index contributed by atoms with van der Waals surface area (Å²) >= 11 is 0. The van der Waals surface area contributed by atoms with Crippen molar-refractivity contribution in [2.45, 2.75) is 6.92 Å². The number of carbonyl (C=O) groups is 2. The zero-order valence-electron chi connectivity index (χ0n) is 14.4. The Labute approximate surface area is 143 Å². The summed E-state index contributed by atoms with van der Waals surface area (Å²) in [6.07, 6.45) is 1.64. The monoisotopic (exact) mass is 331 g/mol. The quantitative estimate of drug-likeness (QED) is 0.739. The second-order valence-electron chi connectivity index (χ2n) is 5.75. The van der Waals surface area contributed by atoms with Gasteiger partial charge < -0.3 is 19.4 Å².